The van der Waals surface area contributed by atoms with E-state index in [0.717, 1.165) is 5.56 Å². The molecule has 1 saturated heterocycles. The number of anilines is 2. The van der Waals surface area contributed by atoms with E-state index in [9.17, 15) is 9.90 Å². The van der Waals surface area contributed by atoms with Crippen LogP contribution in [0.3, 0.4) is 0 Å². The van der Waals surface area contributed by atoms with Gasteiger partial charge in [0.1, 0.15) is 5.02 Å². The Kier molecular flexibility index (Phi) is 6.59. The zero-order valence-electron chi connectivity index (χ0n) is 15.7. The molecule has 9 heteroatoms. The maximum Gasteiger partial charge on any atom is 0.227 e. The van der Waals surface area contributed by atoms with Crippen molar-refractivity contribution in [2.45, 2.75) is 25.9 Å². The monoisotopic (exact) mass is 423 g/mol. The van der Waals surface area contributed by atoms with Crippen LogP contribution in [0.1, 0.15) is 25.5 Å². The summed E-state index contributed by atoms with van der Waals surface area (Å²) in [5, 5.41) is 16.7. The van der Waals surface area contributed by atoms with Crippen molar-refractivity contribution in [3.8, 4) is 0 Å². The molecule has 2 heterocycles. The van der Waals surface area contributed by atoms with E-state index < -0.39 is 6.04 Å². The normalized spacial score (nSPS) is 15.3. The van der Waals surface area contributed by atoms with Gasteiger partial charge in [-0.2, -0.15) is 4.98 Å². The molecule has 3 N–H and O–H groups in total. The molecule has 1 aromatic heterocycles. The zero-order chi connectivity index (χ0) is 20.3. The summed E-state index contributed by atoms with van der Waals surface area (Å²) in [6.07, 6.45) is 1.56. The molecule has 1 aromatic carbocycles. The number of rotatable bonds is 7. The molecule has 1 aliphatic heterocycles. The number of aliphatic hydroxyl groups is 1. The minimum Gasteiger partial charge on any atom is -0.394 e. The first kappa shape index (κ1) is 20.6. The number of aromatic nitrogens is 2. The minimum atomic E-state index is -0.469. The van der Waals surface area contributed by atoms with Crippen LogP contribution in [0.2, 0.25) is 10.0 Å². The molecule has 7 nitrogen and oxygen atoms in total. The summed E-state index contributed by atoms with van der Waals surface area (Å²) in [6, 6.07) is 6.78. The quantitative estimate of drug-likeness (QED) is 0.634. The molecular weight excluding hydrogens is 401 g/mol. The lowest BCUT2D eigenvalue weighted by Gasteiger charge is -2.40. The number of benzene rings is 1. The Bertz CT molecular complexity index is 826. The largest absolute Gasteiger partial charge is 0.394 e. The second-order valence-electron chi connectivity index (χ2n) is 7.06. The van der Waals surface area contributed by atoms with Crippen LogP contribution < -0.4 is 15.5 Å². The Morgan fingerprint density at radius 2 is 1.96 bits per heavy atom. The highest BCUT2D eigenvalue weighted by Crippen LogP contribution is 2.30. The Morgan fingerprint density at radius 1 is 1.29 bits per heavy atom. The van der Waals surface area contributed by atoms with Crippen LogP contribution in [0, 0.1) is 5.92 Å². The highest BCUT2D eigenvalue weighted by atomic mass is 35.5. The molecule has 0 saturated carbocycles. The molecule has 2 aromatic rings. The average molecular weight is 424 g/mol. The van der Waals surface area contributed by atoms with E-state index in [0.29, 0.717) is 34.9 Å². The van der Waals surface area contributed by atoms with E-state index in [4.69, 9.17) is 23.2 Å². The van der Waals surface area contributed by atoms with Crippen molar-refractivity contribution >= 4 is 40.9 Å². The van der Waals surface area contributed by atoms with Gasteiger partial charge in [0.2, 0.25) is 11.9 Å². The van der Waals surface area contributed by atoms with Gasteiger partial charge in [0, 0.05) is 24.2 Å². The van der Waals surface area contributed by atoms with Crippen LogP contribution in [0.15, 0.2) is 30.5 Å². The van der Waals surface area contributed by atoms with E-state index in [1.165, 1.54) is 0 Å². The number of nitrogens with zero attached hydrogens (tertiary/aromatic N) is 3. The van der Waals surface area contributed by atoms with Crippen LogP contribution in [0.4, 0.5) is 11.8 Å². The number of hydrogen-bond acceptors (Lipinski definition) is 6. The number of halogens is 2. The number of carbonyl (C=O) groups is 1. The van der Waals surface area contributed by atoms with E-state index >= 15 is 0 Å². The summed E-state index contributed by atoms with van der Waals surface area (Å²) in [5.74, 6) is 0.801. The molecule has 150 valence electrons. The second-order valence-corrected chi connectivity index (χ2v) is 7.91. The summed E-state index contributed by atoms with van der Waals surface area (Å²) in [6.45, 7) is 4.82. The van der Waals surface area contributed by atoms with Crippen molar-refractivity contribution in [3.63, 3.8) is 0 Å². The predicted octanol–water partition coefficient (Wildman–Crippen LogP) is 2.89. The van der Waals surface area contributed by atoms with Gasteiger partial charge in [-0.05, 0) is 31.5 Å². The lowest BCUT2D eigenvalue weighted by Crippen LogP contribution is -2.54. The maximum atomic E-state index is 12.6. The van der Waals surface area contributed by atoms with Gasteiger partial charge in [-0.25, -0.2) is 4.98 Å². The highest BCUT2D eigenvalue weighted by Gasteiger charge is 2.35. The first-order chi connectivity index (χ1) is 13.4. The molecule has 28 heavy (non-hydrogen) atoms. The summed E-state index contributed by atoms with van der Waals surface area (Å²) < 4.78 is 0. The number of hydrogen-bond donors (Lipinski definition) is 3. The summed E-state index contributed by atoms with van der Waals surface area (Å²) in [7, 11) is 0. The molecule has 3 rings (SSSR count). The standard InChI is InChI=1S/C19H23Cl2N5O2/c1-11(2)23-19-22-7-15(21)17(25-19)26-8-13(9-26)18(28)24-16(10-27)12-3-5-14(20)6-4-12/h3-7,11,13,16,27H,8-10H2,1-2H3,(H,24,28)(H,22,23,25)/t16-/m1/s1. The Balaban J connectivity index is 1.60. The smallest absolute Gasteiger partial charge is 0.227 e. The van der Waals surface area contributed by atoms with Crippen molar-refractivity contribution in [2.24, 2.45) is 5.92 Å². The molecule has 1 fully saturated rings. The summed E-state index contributed by atoms with van der Waals surface area (Å²) >= 11 is 12.1. The Labute approximate surface area is 174 Å². The van der Waals surface area contributed by atoms with Gasteiger partial charge in [-0.1, -0.05) is 35.3 Å². The van der Waals surface area contributed by atoms with Crippen molar-refractivity contribution in [1.82, 2.24) is 15.3 Å². The summed E-state index contributed by atoms with van der Waals surface area (Å²) in [4.78, 5) is 23.1. The third-order valence-corrected chi connectivity index (χ3v) is 4.99. The fourth-order valence-corrected chi connectivity index (χ4v) is 3.28. The van der Waals surface area contributed by atoms with Gasteiger partial charge in [0.25, 0.3) is 0 Å². The maximum absolute atomic E-state index is 12.6. The lowest BCUT2D eigenvalue weighted by molar-refractivity contribution is -0.126. The Morgan fingerprint density at radius 3 is 2.57 bits per heavy atom. The van der Waals surface area contributed by atoms with Crippen LogP contribution >= 0.6 is 23.2 Å². The fraction of sp³-hybridized carbons (Fsp3) is 0.421. The van der Waals surface area contributed by atoms with Crippen molar-refractivity contribution in [2.75, 3.05) is 29.9 Å². The summed E-state index contributed by atoms with van der Waals surface area (Å²) in [5.41, 5.74) is 0.805. The Hall–Kier alpha value is -2.09. The third-order valence-electron chi connectivity index (χ3n) is 4.47. The average Bonchev–Trinajstić information content (AvgIpc) is 2.61. The van der Waals surface area contributed by atoms with Crippen molar-refractivity contribution in [1.29, 1.82) is 0 Å². The van der Waals surface area contributed by atoms with Crippen molar-refractivity contribution in [3.05, 3.63) is 46.1 Å². The highest BCUT2D eigenvalue weighted by molar-refractivity contribution is 6.32. The second kappa shape index (κ2) is 8.94. The molecule has 0 spiro atoms. The van der Waals surface area contributed by atoms with E-state index in [-0.39, 0.29) is 24.5 Å². The first-order valence-corrected chi connectivity index (χ1v) is 9.83. The van der Waals surface area contributed by atoms with E-state index in [2.05, 4.69) is 20.6 Å². The fourth-order valence-electron chi connectivity index (χ4n) is 2.94. The SMILES string of the molecule is CC(C)Nc1ncc(Cl)c(N2CC(C(=O)N[C@H](CO)c3ccc(Cl)cc3)C2)n1. The topological polar surface area (TPSA) is 90.4 Å². The molecule has 1 aliphatic rings. The molecular formula is C19H23Cl2N5O2. The van der Waals surface area contributed by atoms with Gasteiger partial charge < -0.3 is 20.6 Å². The van der Waals surface area contributed by atoms with E-state index in [1.54, 1.807) is 30.5 Å². The molecule has 0 unspecified atom stereocenters. The van der Waals surface area contributed by atoms with Gasteiger partial charge in [-0.15, -0.1) is 0 Å². The molecule has 0 bridgehead atoms. The lowest BCUT2D eigenvalue weighted by atomic mass is 9.98. The van der Waals surface area contributed by atoms with E-state index in [1.807, 2.05) is 18.7 Å². The third kappa shape index (κ3) is 4.84. The van der Waals surface area contributed by atoms with Crippen molar-refractivity contribution < 1.29 is 9.90 Å². The number of aliphatic hydroxyl groups excluding tert-OH is 1. The van der Waals surface area contributed by atoms with Gasteiger partial charge >= 0.3 is 0 Å². The number of nitrogens with one attached hydrogen (secondary N) is 2. The van der Waals surface area contributed by atoms with Crippen LogP contribution in [0.25, 0.3) is 0 Å². The molecule has 0 aliphatic carbocycles. The first-order valence-electron chi connectivity index (χ1n) is 9.08. The zero-order valence-corrected chi connectivity index (χ0v) is 17.2. The minimum absolute atomic E-state index is 0.115. The molecule has 0 radical (unpaired) electrons. The van der Waals surface area contributed by atoms with Crippen LogP contribution in [0.5, 0.6) is 0 Å². The van der Waals surface area contributed by atoms with Crippen LogP contribution in [-0.2, 0) is 4.79 Å². The van der Waals surface area contributed by atoms with Gasteiger partial charge in [-0.3, -0.25) is 4.79 Å². The predicted molar refractivity (Wildman–Crippen MR) is 111 cm³/mol. The molecule has 1 atom stereocenters. The number of amides is 1. The van der Waals surface area contributed by atoms with Crippen LogP contribution in [-0.4, -0.2) is 46.7 Å². The number of carbonyl (C=O) groups excluding carboxylic acids is 1. The van der Waals surface area contributed by atoms with Gasteiger partial charge in [0.05, 0.1) is 24.8 Å². The molecule has 1 amide bonds. The van der Waals surface area contributed by atoms with Gasteiger partial charge in [0.15, 0.2) is 5.82 Å².